The van der Waals surface area contributed by atoms with Crippen molar-refractivity contribution in [2.45, 2.75) is 18.9 Å². The first-order valence-electron chi connectivity index (χ1n) is 9.95. The standard InChI is InChI=1S/C25H22ClNO3/c26-24(28)14-15-27(16-18-8-2-1-3-9-18)25(29)30-17-23-21-12-6-4-10-19(21)20-11-5-7-13-22(20)23/h1-13,23H,14-17H2. The fourth-order valence-electron chi connectivity index (χ4n) is 3.95. The molecule has 152 valence electrons. The highest BCUT2D eigenvalue weighted by Gasteiger charge is 2.29. The van der Waals surface area contributed by atoms with E-state index < -0.39 is 11.3 Å². The summed E-state index contributed by atoms with van der Waals surface area (Å²) in [6, 6.07) is 26.1. The lowest BCUT2D eigenvalue weighted by Gasteiger charge is -2.23. The van der Waals surface area contributed by atoms with Crippen molar-refractivity contribution in [1.29, 1.82) is 0 Å². The topological polar surface area (TPSA) is 46.6 Å². The van der Waals surface area contributed by atoms with Crippen LogP contribution < -0.4 is 0 Å². The summed E-state index contributed by atoms with van der Waals surface area (Å²) in [5, 5.41) is -0.473. The van der Waals surface area contributed by atoms with Gasteiger partial charge in [-0.1, -0.05) is 78.9 Å². The highest BCUT2D eigenvalue weighted by atomic mass is 35.5. The molecular formula is C25H22ClNO3. The average Bonchev–Trinajstić information content (AvgIpc) is 3.09. The molecule has 5 heteroatoms. The number of ether oxygens (including phenoxy) is 1. The van der Waals surface area contributed by atoms with Gasteiger partial charge in [-0.05, 0) is 39.4 Å². The van der Waals surface area contributed by atoms with Crippen LogP contribution in [0.15, 0.2) is 78.9 Å². The van der Waals surface area contributed by atoms with Crippen LogP contribution in [0, 0.1) is 0 Å². The molecule has 0 atom stereocenters. The smallest absolute Gasteiger partial charge is 0.410 e. The van der Waals surface area contributed by atoms with Crippen LogP contribution in [0.5, 0.6) is 0 Å². The van der Waals surface area contributed by atoms with Gasteiger partial charge in [-0.15, -0.1) is 0 Å². The van der Waals surface area contributed by atoms with Crippen LogP contribution in [-0.2, 0) is 16.1 Å². The molecule has 4 rings (SSSR count). The van der Waals surface area contributed by atoms with Gasteiger partial charge in [0, 0.05) is 25.4 Å². The predicted molar refractivity (Wildman–Crippen MR) is 117 cm³/mol. The summed E-state index contributed by atoms with van der Waals surface area (Å²) in [4.78, 5) is 25.7. The Hall–Kier alpha value is -3.11. The number of hydrogen-bond donors (Lipinski definition) is 0. The summed E-state index contributed by atoms with van der Waals surface area (Å²) in [5.41, 5.74) is 5.66. The number of amides is 1. The molecule has 0 bridgehead atoms. The second kappa shape index (κ2) is 9.14. The maximum absolute atomic E-state index is 12.9. The highest BCUT2D eigenvalue weighted by Crippen LogP contribution is 2.44. The van der Waals surface area contributed by atoms with E-state index >= 15 is 0 Å². The molecular weight excluding hydrogens is 398 g/mol. The number of nitrogens with zero attached hydrogens (tertiary/aromatic N) is 1. The number of carbonyl (C=O) groups is 2. The monoisotopic (exact) mass is 419 g/mol. The molecule has 0 saturated heterocycles. The number of fused-ring (bicyclic) bond motifs is 3. The zero-order valence-corrected chi connectivity index (χ0v) is 17.2. The van der Waals surface area contributed by atoms with Crippen molar-refractivity contribution < 1.29 is 14.3 Å². The summed E-state index contributed by atoms with van der Waals surface area (Å²) in [6.07, 6.45) is -0.364. The van der Waals surface area contributed by atoms with Crippen molar-refractivity contribution in [2.24, 2.45) is 0 Å². The van der Waals surface area contributed by atoms with Crippen molar-refractivity contribution in [1.82, 2.24) is 4.90 Å². The Morgan fingerprint density at radius 3 is 2.00 bits per heavy atom. The third kappa shape index (κ3) is 4.39. The number of benzene rings is 3. The molecule has 1 aliphatic carbocycles. The van der Waals surface area contributed by atoms with E-state index in [1.807, 2.05) is 54.6 Å². The molecule has 1 amide bonds. The zero-order chi connectivity index (χ0) is 20.9. The molecule has 3 aromatic carbocycles. The molecule has 4 nitrogen and oxygen atoms in total. The van der Waals surface area contributed by atoms with Crippen LogP contribution in [0.3, 0.4) is 0 Å². The molecule has 30 heavy (non-hydrogen) atoms. The first-order chi connectivity index (χ1) is 14.6. The minimum absolute atomic E-state index is 0.00501. The molecule has 0 N–H and O–H groups in total. The van der Waals surface area contributed by atoms with E-state index in [1.165, 1.54) is 16.0 Å². The molecule has 0 fully saturated rings. The number of carbonyl (C=O) groups excluding carboxylic acids is 2. The number of hydrogen-bond acceptors (Lipinski definition) is 3. The number of rotatable bonds is 7. The van der Waals surface area contributed by atoms with E-state index in [9.17, 15) is 9.59 Å². The molecule has 0 aliphatic heterocycles. The summed E-state index contributed by atoms with van der Waals surface area (Å²) >= 11 is 5.50. The lowest BCUT2D eigenvalue weighted by molar-refractivity contribution is -0.111. The lowest BCUT2D eigenvalue weighted by atomic mass is 9.98. The summed E-state index contributed by atoms with van der Waals surface area (Å²) < 4.78 is 5.74. The van der Waals surface area contributed by atoms with Crippen LogP contribution in [0.25, 0.3) is 11.1 Å². The Morgan fingerprint density at radius 2 is 1.40 bits per heavy atom. The Labute approximate surface area is 181 Å². The van der Waals surface area contributed by atoms with E-state index in [4.69, 9.17) is 16.3 Å². The van der Waals surface area contributed by atoms with Crippen LogP contribution in [0.1, 0.15) is 29.0 Å². The van der Waals surface area contributed by atoms with E-state index in [1.54, 1.807) is 0 Å². The van der Waals surface area contributed by atoms with Gasteiger partial charge in [0.25, 0.3) is 0 Å². The normalized spacial score (nSPS) is 12.2. The first-order valence-corrected chi connectivity index (χ1v) is 10.3. The van der Waals surface area contributed by atoms with Crippen LogP contribution in [-0.4, -0.2) is 29.4 Å². The predicted octanol–water partition coefficient (Wildman–Crippen LogP) is 5.59. The van der Waals surface area contributed by atoms with E-state index in [2.05, 4.69) is 24.3 Å². The van der Waals surface area contributed by atoms with Gasteiger partial charge in [0.1, 0.15) is 6.61 Å². The fraction of sp³-hybridized carbons (Fsp3) is 0.200. The van der Waals surface area contributed by atoms with Crippen molar-refractivity contribution in [3.05, 3.63) is 95.6 Å². The zero-order valence-electron chi connectivity index (χ0n) is 16.5. The van der Waals surface area contributed by atoms with Crippen molar-refractivity contribution in [3.8, 4) is 11.1 Å². The Bertz CT molecular complexity index is 1010. The van der Waals surface area contributed by atoms with Crippen LogP contribution in [0.2, 0.25) is 0 Å². The maximum atomic E-state index is 12.9. The van der Waals surface area contributed by atoms with Gasteiger partial charge in [0.15, 0.2) is 0 Å². The fourth-order valence-corrected chi connectivity index (χ4v) is 4.03. The molecule has 3 aromatic rings. The van der Waals surface area contributed by atoms with Gasteiger partial charge >= 0.3 is 6.09 Å². The SMILES string of the molecule is O=C(Cl)CCN(Cc1ccccc1)C(=O)OCC1c2ccccc2-c2ccccc21. The molecule has 0 radical (unpaired) electrons. The van der Waals surface area contributed by atoms with Gasteiger partial charge in [-0.25, -0.2) is 4.79 Å². The minimum atomic E-state index is -0.473. The third-order valence-electron chi connectivity index (χ3n) is 5.39. The van der Waals surface area contributed by atoms with Crippen LogP contribution in [0.4, 0.5) is 4.79 Å². The third-order valence-corrected chi connectivity index (χ3v) is 5.58. The second-order valence-corrected chi connectivity index (χ2v) is 7.74. The molecule has 1 aliphatic rings. The molecule has 0 unspecified atom stereocenters. The van der Waals surface area contributed by atoms with Crippen LogP contribution >= 0.6 is 11.6 Å². The van der Waals surface area contributed by atoms with Gasteiger partial charge in [-0.2, -0.15) is 0 Å². The van der Waals surface area contributed by atoms with Gasteiger partial charge in [0.05, 0.1) is 0 Å². The number of halogens is 1. The van der Waals surface area contributed by atoms with E-state index in [0.29, 0.717) is 6.54 Å². The molecule has 0 spiro atoms. The maximum Gasteiger partial charge on any atom is 0.410 e. The minimum Gasteiger partial charge on any atom is -0.448 e. The molecule has 0 saturated carbocycles. The van der Waals surface area contributed by atoms with Gasteiger partial charge in [0.2, 0.25) is 5.24 Å². The molecule has 0 heterocycles. The van der Waals surface area contributed by atoms with Gasteiger partial charge in [-0.3, -0.25) is 4.79 Å². The first kappa shape index (κ1) is 20.2. The Morgan fingerprint density at radius 1 is 0.833 bits per heavy atom. The summed E-state index contributed by atoms with van der Waals surface area (Å²) in [7, 11) is 0. The molecule has 0 aromatic heterocycles. The average molecular weight is 420 g/mol. The second-order valence-electron chi connectivity index (χ2n) is 7.32. The summed E-state index contributed by atoms with van der Waals surface area (Å²) in [6.45, 7) is 0.822. The largest absolute Gasteiger partial charge is 0.448 e. The summed E-state index contributed by atoms with van der Waals surface area (Å²) in [5.74, 6) is -0.00501. The highest BCUT2D eigenvalue weighted by molar-refractivity contribution is 6.63. The Kier molecular flexibility index (Phi) is 6.15. The van der Waals surface area contributed by atoms with Crippen molar-refractivity contribution in [2.75, 3.05) is 13.2 Å². The quantitative estimate of drug-likeness (QED) is 0.469. The Balaban J connectivity index is 1.49. The van der Waals surface area contributed by atoms with E-state index in [0.717, 1.165) is 16.7 Å². The van der Waals surface area contributed by atoms with Gasteiger partial charge < -0.3 is 9.64 Å². The van der Waals surface area contributed by atoms with E-state index in [-0.39, 0.29) is 25.5 Å². The van der Waals surface area contributed by atoms with Crippen molar-refractivity contribution >= 4 is 22.9 Å². The lowest BCUT2D eigenvalue weighted by Crippen LogP contribution is -2.33. The van der Waals surface area contributed by atoms with Crippen molar-refractivity contribution in [3.63, 3.8) is 0 Å².